The highest BCUT2D eigenvalue weighted by Gasteiger charge is 2.10. The second-order valence-corrected chi connectivity index (χ2v) is 5.20. The first kappa shape index (κ1) is 14.5. The quantitative estimate of drug-likeness (QED) is 0.727. The molecule has 0 aliphatic rings. The van der Waals surface area contributed by atoms with Crippen LogP contribution in [0.25, 0.3) is 0 Å². The van der Waals surface area contributed by atoms with E-state index in [1.807, 2.05) is 6.07 Å². The molecule has 0 aromatic heterocycles. The van der Waals surface area contributed by atoms with Crippen molar-refractivity contribution in [3.05, 3.63) is 58.6 Å². The summed E-state index contributed by atoms with van der Waals surface area (Å²) in [7, 11) is 0. The number of carbonyl (C=O) groups excluding carboxylic acids is 1. The molecule has 0 fully saturated rings. The van der Waals surface area contributed by atoms with Gasteiger partial charge in [-0.1, -0.05) is 18.2 Å². The third-order valence-corrected chi connectivity index (χ3v) is 3.35. The molecule has 6 heteroatoms. The number of phenols is 1. The highest BCUT2D eigenvalue weighted by atomic mass is 79.9. The zero-order valence-corrected chi connectivity index (χ0v) is 12.7. The number of phenolic OH excluding ortho intramolecular Hbond substituents is 1. The van der Waals surface area contributed by atoms with Gasteiger partial charge < -0.3 is 10.4 Å². The van der Waals surface area contributed by atoms with E-state index in [2.05, 4.69) is 26.6 Å². The number of rotatable bonds is 2. The minimum atomic E-state index is -0.310. The molecule has 102 valence electrons. The predicted octanol–water partition coefficient (Wildman–Crippen LogP) is 3.28. The van der Waals surface area contributed by atoms with Gasteiger partial charge in [0.05, 0.1) is 5.56 Å². The summed E-state index contributed by atoms with van der Waals surface area (Å²) in [6, 6.07) is 13.5. The van der Waals surface area contributed by atoms with Crippen LogP contribution in [-0.2, 0) is 0 Å². The van der Waals surface area contributed by atoms with Crippen molar-refractivity contribution in [1.29, 1.82) is 0 Å². The van der Waals surface area contributed by atoms with E-state index in [1.54, 1.807) is 36.4 Å². The Hall–Kier alpha value is -1.92. The van der Waals surface area contributed by atoms with Crippen LogP contribution in [0.1, 0.15) is 10.4 Å². The van der Waals surface area contributed by atoms with Crippen LogP contribution in [-0.4, -0.2) is 16.1 Å². The monoisotopic (exact) mass is 350 g/mol. The lowest BCUT2D eigenvalue weighted by Gasteiger charge is -2.10. The Kier molecular flexibility index (Phi) is 4.70. The molecule has 0 spiro atoms. The Labute approximate surface area is 130 Å². The second-order valence-electron chi connectivity index (χ2n) is 3.94. The first-order chi connectivity index (χ1) is 9.56. The van der Waals surface area contributed by atoms with Crippen LogP contribution in [0.15, 0.2) is 53.0 Å². The lowest BCUT2D eigenvalue weighted by molar-refractivity contribution is 0.0977. The number of carbonyl (C=O) groups is 1. The number of aromatic hydroxyl groups is 1. The fourth-order valence-electron chi connectivity index (χ4n) is 1.56. The van der Waals surface area contributed by atoms with Crippen molar-refractivity contribution in [2.75, 3.05) is 5.32 Å². The first-order valence-corrected chi connectivity index (χ1v) is 6.92. The summed E-state index contributed by atoms with van der Waals surface area (Å²) in [5.41, 5.74) is 1.09. The molecule has 0 aliphatic heterocycles. The molecule has 0 aliphatic carbocycles. The van der Waals surface area contributed by atoms with Gasteiger partial charge >= 0.3 is 0 Å². The number of nitrogens with one attached hydrogen (secondary N) is 2. The Morgan fingerprint density at radius 1 is 1.15 bits per heavy atom. The van der Waals surface area contributed by atoms with Crippen LogP contribution in [0, 0.1) is 0 Å². The van der Waals surface area contributed by atoms with Gasteiger partial charge in [0, 0.05) is 16.2 Å². The Morgan fingerprint density at radius 2 is 1.90 bits per heavy atom. The normalized spacial score (nSPS) is 9.85. The molecule has 1 amide bonds. The molecular weight excluding hydrogens is 340 g/mol. The van der Waals surface area contributed by atoms with Crippen molar-refractivity contribution in [2.45, 2.75) is 0 Å². The van der Waals surface area contributed by atoms with Crippen molar-refractivity contribution in [3.8, 4) is 5.75 Å². The molecule has 0 radical (unpaired) electrons. The van der Waals surface area contributed by atoms with Crippen LogP contribution in [0.2, 0.25) is 0 Å². The largest absolute Gasteiger partial charge is 0.508 e. The van der Waals surface area contributed by atoms with Gasteiger partial charge in [-0.15, -0.1) is 0 Å². The summed E-state index contributed by atoms with van der Waals surface area (Å²) in [4.78, 5) is 12.0. The van der Waals surface area contributed by atoms with Crippen LogP contribution in [0.5, 0.6) is 5.75 Å². The average Bonchev–Trinajstić information content (AvgIpc) is 2.38. The molecular formula is C14H11BrN2O2S. The van der Waals surface area contributed by atoms with Crippen molar-refractivity contribution in [3.63, 3.8) is 0 Å². The summed E-state index contributed by atoms with van der Waals surface area (Å²) in [6.07, 6.45) is 0. The van der Waals surface area contributed by atoms with Crippen molar-refractivity contribution in [2.24, 2.45) is 0 Å². The van der Waals surface area contributed by atoms with Crippen LogP contribution in [0.4, 0.5) is 5.69 Å². The minimum Gasteiger partial charge on any atom is -0.508 e. The van der Waals surface area contributed by atoms with E-state index in [1.165, 1.54) is 6.07 Å². The minimum absolute atomic E-state index is 0.120. The number of hydrogen-bond acceptors (Lipinski definition) is 3. The highest BCUT2D eigenvalue weighted by molar-refractivity contribution is 9.10. The maximum Gasteiger partial charge on any atom is 0.258 e. The van der Waals surface area contributed by atoms with Gasteiger partial charge in [0.1, 0.15) is 5.75 Å². The lowest BCUT2D eigenvalue weighted by Crippen LogP contribution is -2.34. The summed E-state index contributed by atoms with van der Waals surface area (Å²) in [5, 5.41) is 14.9. The third kappa shape index (κ3) is 3.79. The number of anilines is 1. The molecule has 2 rings (SSSR count). The summed E-state index contributed by atoms with van der Waals surface area (Å²) in [5.74, 6) is -0.190. The predicted molar refractivity (Wildman–Crippen MR) is 85.9 cm³/mol. The average molecular weight is 351 g/mol. The molecule has 0 atom stereocenters. The van der Waals surface area contributed by atoms with E-state index < -0.39 is 0 Å². The lowest BCUT2D eigenvalue weighted by atomic mass is 10.2. The summed E-state index contributed by atoms with van der Waals surface area (Å²) >= 11 is 8.36. The highest BCUT2D eigenvalue weighted by Crippen LogP contribution is 2.17. The van der Waals surface area contributed by atoms with Gasteiger partial charge in [-0.3, -0.25) is 10.1 Å². The second kappa shape index (κ2) is 6.49. The fourth-order valence-corrected chi connectivity index (χ4v) is 2.24. The molecule has 2 aromatic carbocycles. The molecule has 0 heterocycles. The number of thiocarbonyl (C=S) groups is 1. The van der Waals surface area contributed by atoms with Crippen molar-refractivity contribution in [1.82, 2.24) is 5.32 Å². The van der Waals surface area contributed by atoms with E-state index in [4.69, 9.17) is 12.2 Å². The Morgan fingerprint density at radius 3 is 2.60 bits per heavy atom. The van der Waals surface area contributed by atoms with Gasteiger partial charge in [0.15, 0.2) is 5.11 Å². The van der Waals surface area contributed by atoms with Gasteiger partial charge in [-0.25, -0.2) is 0 Å². The number of halogens is 1. The Balaban J connectivity index is 2.02. The van der Waals surface area contributed by atoms with Gasteiger partial charge in [0.25, 0.3) is 5.91 Å². The maximum absolute atomic E-state index is 12.0. The Bertz CT molecular complexity index is 661. The molecule has 20 heavy (non-hydrogen) atoms. The van der Waals surface area contributed by atoms with E-state index >= 15 is 0 Å². The number of amides is 1. The summed E-state index contributed by atoms with van der Waals surface area (Å²) in [6.45, 7) is 0. The van der Waals surface area contributed by atoms with Crippen LogP contribution >= 0.6 is 28.1 Å². The zero-order valence-electron chi connectivity index (χ0n) is 10.3. The topological polar surface area (TPSA) is 61.4 Å². The smallest absolute Gasteiger partial charge is 0.258 e. The molecule has 3 N–H and O–H groups in total. The van der Waals surface area contributed by atoms with Gasteiger partial charge in [0.2, 0.25) is 0 Å². The third-order valence-electron chi connectivity index (χ3n) is 2.45. The standard InChI is InChI=1S/C14H11BrN2O2S/c15-12-7-2-1-6-11(12)13(19)17-14(20)16-9-4-3-5-10(18)8-9/h1-8,18H,(H2,16,17,19,20). The van der Waals surface area contributed by atoms with Crippen LogP contribution in [0.3, 0.4) is 0 Å². The SMILES string of the molecule is O=C(NC(=S)Nc1cccc(O)c1)c1ccccc1Br. The molecule has 4 nitrogen and oxygen atoms in total. The molecule has 0 unspecified atom stereocenters. The van der Waals surface area contributed by atoms with E-state index in [9.17, 15) is 9.90 Å². The number of hydrogen-bond donors (Lipinski definition) is 3. The van der Waals surface area contributed by atoms with E-state index in [0.29, 0.717) is 15.7 Å². The zero-order chi connectivity index (χ0) is 14.5. The first-order valence-electron chi connectivity index (χ1n) is 5.72. The van der Waals surface area contributed by atoms with Crippen molar-refractivity contribution < 1.29 is 9.90 Å². The van der Waals surface area contributed by atoms with Crippen LogP contribution < -0.4 is 10.6 Å². The molecule has 2 aromatic rings. The number of benzene rings is 2. The van der Waals surface area contributed by atoms with Gasteiger partial charge in [-0.2, -0.15) is 0 Å². The van der Waals surface area contributed by atoms with Gasteiger partial charge in [-0.05, 0) is 52.4 Å². The molecule has 0 saturated carbocycles. The summed E-state index contributed by atoms with van der Waals surface area (Å²) < 4.78 is 0.692. The maximum atomic E-state index is 12.0. The molecule has 0 bridgehead atoms. The van der Waals surface area contributed by atoms with Crippen molar-refractivity contribution >= 4 is 44.9 Å². The molecule has 0 saturated heterocycles. The van der Waals surface area contributed by atoms with E-state index in [0.717, 1.165) is 0 Å². The fraction of sp³-hybridized carbons (Fsp3) is 0. The van der Waals surface area contributed by atoms with E-state index in [-0.39, 0.29) is 16.8 Å².